The predicted octanol–water partition coefficient (Wildman–Crippen LogP) is 5.37. The number of alkyl halides is 2. The Morgan fingerprint density at radius 2 is 1.90 bits per heavy atom. The van der Waals surface area contributed by atoms with Gasteiger partial charge in [-0.25, -0.2) is 22.2 Å². The van der Waals surface area contributed by atoms with Gasteiger partial charge in [0.05, 0.1) is 45.5 Å². The van der Waals surface area contributed by atoms with Crippen LogP contribution in [0.15, 0.2) is 58.4 Å². The second-order valence-corrected chi connectivity index (χ2v) is 11.2. The van der Waals surface area contributed by atoms with Crippen molar-refractivity contribution >= 4 is 38.4 Å². The minimum absolute atomic E-state index is 0.0258. The molecule has 1 aromatic carbocycles. The number of aromatic nitrogens is 4. The molecule has 0 aliphatic carbocycles. The molecule has 0 saturated heterocycles. The Morgan fingerprint density at radius 1 is 1.10 bits per heavy atom. The highest BCUT2D eigenvalue weighted by atomic mass is 32.2. The van der Waals surface area contributed by atoms with E-state index in [4.69, 9.17) is 6.57 Å². The molecular weight excluding hydrogens is 524 g/mol. The number of benzene rings is 1. The van der Waals surface area contributed by atoms with Crippen LogP contribution in [0.4, 0.5) is 31.7 Å². The van der Waals surface area contributed by atoms with E-state index in [0.717, 1.165) is 11.9 Å². The van der Waals surface area contributed by atoms with E-state index in [9.17, 15) is 17.2 Å². The molecule has 0 fully saturated rings. The van der Waals surface area contributed by atoms with E-state index < -0.39 is 16.3 Å². The number of aliphatic imine (C=N–C) groups is 1. The summed E-state index contributed by atoms with van der Waals surface area (Å²) in [6.45, 7) is 9.09. The predicted molar refractivity (Wildman–Crippen MR) is 144 cm³/mol. The third-order valence-corrected chi connectivity index (χ3v) is 7.44. The summed E-state index contributed by atoms with van der Waals surface area (Å²) in [6, 6.07) is 13.4. The first-order valence-corrected chi connectivity index (χ1v) is 13.7. The zero-order valence-electron chi connectivity index (χ0n) is 21.3. The van der Waals surface area contributed by atoms with Crippen LogP contribution in [0, 0.1) is 13.5 Å². The van der Waals surface area contributed by atoms with Gasteiger partial charge in [0.25, 0.3) is 12.2 Å². The second kappa shape index (κ2) is 9.99. The van der Waals surface area contributed by atoms with Crippen molar-refractivity contribution in [3.05, 3.63) is 82.7 Å². The van der Waals surface area contributed by atoms with Gasteiger partial charge in [-0.05, 0) is 43.3 Å². The summed E-state index contributed by atoms with van der Waals surface area (Å²) < 4.78 is 54.4. The van der Waals surface area contributed by atoms with Crippen molar-refractivity contribution in [2.45, 2.75) is 31.1 Å². The molecular formula is C27H23F2N7O2S. The van der Waals surface area contributed by atoms with Crippen molar-refractivity contribution in [2.24, 2.45) is 12.0 Å². The van der Waals surface area contributed by atoms with E-state index >= 15 is 0 Å². The maximum Gasteiger partial charge on any atom is 0.277 e. The zero-order chi connectivity index (χ0) is 27.9. The fourth-order valence-electron chi connectivity index (χ4n) is 4.32. The number of hydrogen-bond acceptors (Lipinski definition) is 7. The molecule has 9 nitrogen and oxygen atoms in total. The average molecular weight is 548 g/mol. The van der Waals surface area contributed by atoms with Crippen LogP contribution < -0.4 is 5.32 Å². The number of hydrogen-bond donors (Lipinski definition) is 1. The molecule has 0 spiro atoms. The Bertz CT molecular complexity index is 1770. The topological polar surface area (TPSA) is 106 Å². The van der Waals surface area contributed by atoms with Crippen LogP contribution in [0.25, 0.3) is 16.1 Å². The van der Waals surface area contributed by atoms with Crippen molar-refractivity contribution < 1.29 is 17.2 Å². The van der Waals surface area contributed by atoms with Crippen LogP contribution in [0.2, 0.25) is 0 Å². The lowest BCUT2D eigenvalue weighted by atomic mass is 10.1. The third kappa shape index (κ3) is 5.39. The monoisotopic (exact) mass is 547 g/mol. The Kier molecular flexibility index (Phi) is 6.69. The van der Waals surface area contributed by atoms with Gasteiger partial charge in [-0.3, -0.25) is 9.67 Å². The molecule has 0 atom stereocenters. The quantitative estimate of drug-likeness (QED) is 0.312. The Morgan fingerprint density at radius 3 is 2.56 bits per heavy atom. The fourth-order valence-corrected chi connectivity index (χ4v) is 5.17. The average Bonchev–Trinajstić information content (AvgIpc) is 3.47. The number of anilines is 2. The fraction of sp³-hybridized carbons (Fsp3) is 0.222. The Labute approximate surface area is 224 Å². The van der Waals surface area contributed by atoms with E-state index in [1.165, 1.54) is 6.07 Å². The highest BCUT2D eigenvalue weighted by Gasteiger charge is 2.27. The van der Waals surface area contributed by atoms with E-state index in [-0.39, 0.29) is 40.6 Å². The van der Waals surface area contributed by atoms with Crippen molar-refractivity contribution in [1.82, 2.24) is 19.7 Å². The number of rotatable bonds is 7. The van der Waals surface area contributed by atoms with Gasteiger partial charge < -0.3 is 10.2 Å². The van der Waals surface area contributed by atoms with Gasteiger partial charge in [0.1, 0.15) is 11.4 Å². The van der Waals surface area contributed by atoms with Crippen LogP contribution in [0.1, 0.15) is 22.8 Å². The molecule has 0 bridgehead atoms. The molecule has 1 N–H and O–H groups in total. The SMILES string of the molecule is [C-]#[N+]c1cccc(Cc2cc(Nc3ccc(-c4cc(C)n(C)n4)cc3S(C)(=O)=O)c3c(n2)CC(C(F)F)=N3)n1. The Balaban J connectivity index is 1.58. The lowest BCUT2D eigenvalue weighted by Gasteiger charge is -2.15. The van der Waals surface area contributed by atoms with E-state index in [0.29, 0.717) is 34.0 Å². The van der Waals surface area contributed by atoms with Gasteiger partial charge in [-0.2, -0.15) is 5.10 Å². The number of pyridine rings is 2. The molecule has 198 valence electrons. The first-order chi connectivity index (χ1) is 18.5. The van der Waals surface area contributed by atoms with Gasteiger partial charge in [0.2, 0.25) is 0 Å². The second-order valence-electron chi connectivity index (χ2n) is 9.22. The van der Waals surface area contributed by atoms with Gasteiger partial charge in [0, 0.05) is 31.0 Å². The van der Waals surface area contributed by atoms with Crippen LogP contribution in [-0.2, 0) is 29.7 Å². The number of halogens is 2. The van der Waals surface area contributed by atoms with E-state index in [2.05, 4.69) is 30.2 Å². The minimum atomic E-state index is -3.70. The number of aryl methyl sites for hydroxylation is 2. The van der Waals surface area contributed by atoms with Gasteiger partial charge in [-0.15, -0.1) is 4.98 Å². The molecule has 39 heavy (non-hydrogen) atoms. The molecule has 4 aromatic rings. The summed E-state index contributed by atoms with van der Waals surface area (Å²) in [6.07, 6.45) is -1.53. The lowest BCUT2D eigenvalue weighted by Crippen LogP contribution is -2.10. The highest BCUT2D eigenvalue weighted by molar-refractivity contribution is 7.90. The molecule has 12 heteroatoms. The molecule has 1 aliphatic heterocycles. The van der Waals surface area contributed by atoms with Crippen LogP contribution >= 0.6 is 0 Å². The zero-order valence-corrected chi connectivity index (χ0v) is 22.1. The van der Waals surface area contributed by atoms with Crippen LogP contribution in [-0.4, -0.2) is 46.6 Å². The highest BCUT2D eigenvalue weighted by Crippen LogP contribution is 2.39. The normalized spacial score (nSPS) is 12.8. The summed E-state index contributed by atoms with van der Waals surface area (Å²) in [5, 5.41) is 7.55. The smallest absolute Gasteiger partial charge is 0.277 e. The summed E-state index contributed by atoms with van der Waals surface area (Å²) in [7, 11) is -1.90. The maximum atomic E-state index is 13.5. The van der Waals surface area contributed by atoms with Crippen molar-refractivity contribution in [3.8, 4) is 11.3 Å². The van der Waals surface area contributed by atoms with Crippen LogP contribution in [0.3, 0.4) is 0 Å². The standard InChI is InChI=1S/C27H23F2N7O2S/c1-15-10-20(35-36(15)3)16-8-9-19(24(11-16)39(4,37)38)33-21-13-18(12-17-6-5-7-25(30-2)32-17)31-22-14-23(27(28)29)34-26(21)22/h5-11,13,27H,12,14H2,1,3-4H3,(H,31,33). The largest absolute Gasteiger partial charge is 0.361 e. The Hall–Kier alpha value is -4.50. The summed E-state index contributed by atoms with van der Waals surface area (Å²) in [5.41, 5.74) is 4.15. The maximum absolute atomic E-state index is 13.5. The molecule has 5 rings (SSSR count). The van der Waals surface area contributed by atoms with E-state index in [1.807, 2.05) is 13.0 Å². The number of fused-ring (bicyclic) bond motifs is 1. The van der Waals surface area contributed by atoms with Crippen molar-refractivity contribution in [1.29, 1.82) is 0 Å². The number of sulfone groups is 1. The molecule has 0 radical (unpaired) electrons. The van der Waals surface area contributed by atoms with Crippen molar-refractivity contribution in [2.75, 3.05) is 11.6 Å². The molecule has 1 aliphatic rings. The van der Waals surface area contributed by atoms with Crippen molar-refractivity contribution in [3.63, 3.8) is 0 Å². The molecule has 0 unspecified atom stereocenters. The third-order valence-electron chi connectivity index (χ3n) is 6.30. The summed E-state index contributed by atoms with van der Waals surface area (Å²) in [5.74, 6) is 0.233. The lowest BCUT2D eigenvalue weighted by molar-refractivity contribution is 0.224. The molecule has 4 heterocycles. The summed E-state index contributed by atoms with van der Waals surface area (Å²) >= 11 is 0. The van der Waals surface area contributed by atoms with Gasteiger partial charge in [-0.1, -0.05) is 18.7 Å². The molecule has 0 amide bonds. The van der Waals surface area contributed by atoms with Gasteiger partial charge in [0.15, 0.2) is 9.84 Å². The first-order valence-electron chi connectivity index (χ1n) is 11.9. The number of nitrogens with one attached hydrogen (secondary N) is 1. The van der Waals surface area contributed by atoms with E-state index in [1.54, 1.807) is 48.1 Å². The van der Waals surface area contributed by atoms with Crippen LogP contribution in [0.5, 0.6) is 0 Å². The molecule has 0 saturated carbocycles. The first kappa shape index (κ1) is 26.1. The van der Waals surface area contributed by atoms with Gasteiger partial charge >= 0.3 is 0 Å². The minimum Gasteiger partial charge on any atom is -0.361 e. The number of nitrogens with zero attached hydrogens (tertiary/aromatic N) is 6. The summed E-state index contributed by atoms with van der Waals surface area (Å²) in [4.78, 5) is 16.3. The molecule has 3 aromatic heterocycles.